The highest BCUT2D eigenvalue weighted by Crippen LogP contribution is 2.42. The largest absolute Gasteiger partial charge is 0.326 e. The monoisotopic (exact) mass is 281 g/mol. The van der Waals surface area contributed by atoms with Gasteiger partial charge in [0, 0.05) is 24.7 Å². The van der Waals surface area contributed by atoms with Crippen molar-refractivity contribution in [3.63, 3.8) is 0 Å². The molecule has 0 bridgehead atoms. The molecule has 1 atom stereocenters. The van der Waals surface area contributed by atoms with E-state index in [9.17, 15) is 0 Å². The molecule has 2 aromatic rings. The van der Waals surface area contributed by atoms with Crippen molar-refractivity contribution < 1.29 is 0 Å². The average Bonchev–Trinajstić information content (AvgIpc) is 2.54. The Labute approximate surface area is 126 Å². The summed E-state index contributed by atoms with van der Waals surface area (Å²) in [5, 5.41) is 0. The summed E-state index contributed by atoms with van der Waals surface area (Å²) < 4.78 is 0. The van der Waals surface area contributed by atoms with Gasteiger partial charge in [-0.15, -0.1) is 0 Å². The molecule has 0 fully saturated rings. The van der Waals surface area contributed by atoms with Crippen LogP contribution < -0.4 is 11.5 Å². The standard InChI is InChI=1S/C18H23N3/c1-18(8-2-4-14-5-3-9-21-17(14)18)16-10-13(11-19)6-7-15(16)12-20/h3,5-7,9-10H,2,4,8,11-12,19-20H2,1H3. The third kappa shape index (κ3) is 2.37. The van der Waals surface area contributed by atoms with Crippen LogP contribution in [0.2, 0.25) is 0 Å². The minimum atomic E-state index is -0.0608. The van der Waals surface area contributed by atoms with Gasteiger partial charge in [-0.05, 0) is 54.5 Å². The first kappa shape index (κ1) is 14.2. The first-order chi connectivity index (χ1) is 10.2. The second kappa shape index (κ2) is 5.58. The molecule has 3 nitrogen and oxygen atoms in total. The van der Waals surface area contributed by atoms with Crippen LogP contribution in [0.3, 0.4) is 0 Å². The zero-order chi connectivity index (χ0) is 14.9. The van der Waals surface area contributed by atoms with Gasteiger partial charge in [-0.2, -0.15) is 0 Å². The Morgan fingerprint density at radius 1 is 1.19 bits per heavy atom. The summed E-state index contributed by atoms with van der Waals surface area (Å²) in [4.78, 5) is 4.71. The zero-order valence-corrected chi connectivity index (χ0v) is 12.6. The first-order valence-corrected chi connectivity index (χ1v) is 7.66. The van der Waals surface area contributed by atoms with Crippen LogP contribution in [0.5, 0.6) is 0 Å². The van der Waals surface area contributed by atoms with E-state index >= 15 is 0 Å². The number of hydrogen-bond donors (Lipinski definition) is 2. The Balaban J connectivity index is 2.20. The Kier molecular flexibility index (Phi) is 3.79. The lowest BCUT2D eigenvalue weighted by atomic mass is 9.68. The number of aryl methyl sites for hydroxylation is 1. The fourth-order valence-corrected chi connectivity index (χ4v) is 3.59. The molecule has 0 saturated heterocycles. The topological polar surface area (TPSA) is 64.9 Å². The van der Waals surface area contributed by atoms with E-state index in [-0.39, 0.29) is 5.41 Å². The number of hydrogen-bond acceptors (Lipinski definition) is 3. The van der Waals surface area contributed by atoms with Crippen LogP contribution in [-0.2, 0) is 24.9 Å². The third-order valence-electron chi connectivity index (χ3n) is 4.76. The summed E-state index contributed by atoms with van der Waals surface area (Å²) in [6, 6.07) is 10.7. The molecule has 4 N–H and O–H groups in total. The molecule has 0 spiro atoms. The van der Waals surface area contributed by atoms with E-state index in [1.807, 2.05) is 12.3 Å². The fraction of sp³-hybridized carbons (Fsp3) is 0.389. The van der Waals surface area contributed by atoms with Crippen LogP contribution in [0.1, 0.15) is 47.7 Å². The van der Waals surface area contributed by atoms with Crippen molar-refractivity contribution in [1.82, 2.24) is 4.98 Å². The highest BCUT2D eigenvalue weighted by atomic mass is 14.7. The van der Waals surface area contributed by atoms with E-state index in [1.54, 1.807) is 0 Å². The molecule has 1 aliphatic rings. The summed E-state index contributed by atoms with van der Waals surface area (Å²) in [6.07, 6.45) is 5.31. The third-order valence-corrected chi connectivity index (χ3v) is 4.76. The van der Waals surface area contributed by atoms with Crippen molar-refractivity contribution in [3.8, 4) is 0 Å². The van der Waals surface area contributed by atoms with Crippen LogP contribution in [0, 0.1) is 0 Å². The average molecular weight is 281 g/mol. The maximum Gasteiger partial charge on any atom is 0.0538 e. The van der Waals surface area contributed by atoms with Crippen molar-refractivity contribution in [3.05, 3.63) is 64.5 Å². The molecule has 1 unspecified atom stereocenters. The molecule has 0 amide bonds. The van der Waals surface area contributed by atoms with Crippen LogP contribution in [-0.4, -0.2) is 4.98 Å². The van der Waals surface area contributed by atoms with E-state index in [1.165, 1.54) is 28.8 Å². The van der Waals surface area contributed by atoms with Crippen molar-refractivity contribution in [2.24, 2.45) is 11.5 Å². The zero-order valence-electron chi connectivity index (χ0n) is 12.6. The lowest BCUT2D eigenvalue weighted by Crippen LogP contribution is -2.32. The number of fused-ring (bicyclic) bond motifs is 1. The molecule has 1 aliphatic carbocycles. The molecule has 0 radical (unpaired) electrons. The van der Waals surface area contributed by atoms with Gasteiger partial charge < -0.3 is 11.5 Å². The summed E-state index contributed by atoms with van der Waals surface area (Å²) in [6.45, 7) is 3.41. The van der Waals surface area contributed by atoms with E-state index in [4.69, 9.17) is 16.5 Å². The molecule has 110 valence electrons. The molecule has 1 heterocycles. The summed E-state index contributed by atoms with van der Waals surface area (Å²) in [5.74, 6) is 0. The maximum absolute atomic E-state index is 5.98. The van der Waals surface area contributed by atoms with Gasteiger partial charge in [-0.1, -0.05) is 24.3 Å². The number of nitrogens with two attached hydrogens (primary N) is 2. The SMILES string of the molecule is CC1(c2cc(CN)ccc2CN)CCCc2cccnc21. The van der Waals surface area contributed by atoms with Crippen LogP contribution >= 0.6 is 0 Å². The van der Waals surface area contributed by atoms with E-state index < -0.39 is 0 Å². The fourth-order valence-electron chi connectivity index (χ4n) is 3.59. The minimum Gasteiger partial charge on any atom is -0.326 e. The van der Waals surface area contributed by atoms with E-state index in [0.29, 0.717) is 13.1 Å². The lowest BCUT2D eigenvalue weighted by molar-refractivity contribution is 0.447. The van der Waals surface area contributed by atoms with Gasteiger partial charge in [0.25, 0.3) is 0 Å². The van der Waals surface area contributed by atoms with Crippen LogP contribution in [0.25, 0.3) is 0 Å². The van der Waals surface area contributed by atoms with Crippen LogP contribution in [0.4, 0.5) is 0 Å². The highest BCUT2D eigenvalue weighted by Gasteiger charge is 2.36. The number of aromatic nitrogens is 1. The maximum atomic E-state index is 5.98. The van der Waals surface area contributed by atoms with Gasteiger partial charge >= 0.3 is 0 Å². The van der Waals surface area contributed by atoms with Gasteiger partial charge in [0.2, 0.25) is 0 Å². The lowest BCUT2D eigenvalue weighted by Gasteiger charge is -2.37. The van der Waals surface area contributed by atoms with Crippen LogP contribution in [0.15, 0.2) is 36.5 Å². The normalized spacial score (nSPS) is 21.1. The molecule has 1 aromatic carbocycles. The van der Waals surface area contributed by atoms with Gasteiger partial charge in [0.1, 0.15) is 0 Å². The molecular formula is C18H23N3. The number of rotatable bonds is 3. The Morgan fingerprint density at radius 3 is 2.81 bits per heavy atom. The first-order valence-electron chi connectivity index (χ1n) is 7.66. The molecule has 0 aliphatic heterocycles. The van der Waals surface area contributed by atoms with E-state index in [0.717, 1.165) is 18.4 Å². The van der Waals surface area contributed by atoms with Crippen molar-refractivity contribution >= 4 is 0 Å². The minimum absolute atomic E-state index is 0.0608. The molecule has 21 heavy (non-hydrogen) atoms. The Bertz CT molecular complexity index is 651. The number of pyridine rings is 1. The predicted molar refractivity (Wildman–Crippen MR) is 85.9 cm³/mol. The Morgan fingerprint density at radius 2 is 2.05 bits per heavy atom. The molecule has 1 aromatic heterocycles. The van der Waals surface area contributed by atoms with Crippen molar-refractivity contribution in [1.29, 1.82) is 0 Å². The second-order valence-corrected chi connectivity index (χ2v) is 6.10. The summed E-state index contributed by atoms with van der Waals surface area (Å²) in [7, 11) is 0. The van der Waals surface area contributed by atoms with Gasteiger partial charge in [-0.3, -0.25) is 4.98 Å². The number of benzene rings is 1. The predicted octanol–water partition coefficient (Wildman–Crippen LogP) is 2.64. The summed E-state index contributed by atoms with van der Waals surface area (Å²) >= 11 is 0. The van der Waals surface area contributed by atoms with Gasteiger partial charge in [-0.25, -0.2) is 0 Å². The van der Waals surface area contributed by atoms with Gasteiger partial charge in [0.15, 0.2) is 0 Å². The quantitative estimate of drug-likeness (QED) is 0.909. The highest BCUT2D eigenvalue weighted by molar-refractivity contribution is 5.46. The van der Waals surface area contributed by atoms with Crippen molar-refractivity contribution in [2.45, 2.75) is 44.7 Å². The molecule has 3 rings (SSSR count). The molecular weight excluding hydrogens is 258 g/mol. The van der Waals surface area contributed by atoms with E-state index in [2.05, 4.69) is 31.2 Å². The molecule has 3 heteroatoms. The number of nitrogens with zero attached hydrogens (tertiary/aromatic N) is 1. The summed E-state index contributed by atoms with van der Waals surface area (Å²) in [5.41, 5.74) is 18.0. The Hall–Kier alpha value is -1.71. The second-order valence-electron chi connectivity index (χ2n) is 6.10. The van der Waals surface area contributed by atoms with Crippen molar-refractivity contribution in [2.75, 3.05) is 0 Å². The smallest absolute Gasteiger partial charge is 0.0538 e. The van der Waals surface area contributed by atoms with Gasteiger partial charge in [0.05, 0.1) is 5.69 Å². The molecule has 0 saturated carbocycles.